The van der Waals surface area contributed by atoms with Crippen molar-refractivity contribution in [3.8, 4) is 5.69 Å². The van der Waals surface area contributed by atoms with E-state index in [0.717, 1.165) is 33.2 Å². The van der Waals surface area contributed by atoms with Gasteiger partial charge in [0.2, 0.25) is 0 Å². The molecule has 0 atom stereocenters. The van der Waals surface area contributed by atoms with Crippen LogP contribution in [0.4, 0.5) is 5.69 Å². The van der Waals surface area contributed by atoms with Crippen LogP contribution in [0.3, 0.4) is 0 Å². The number of nitrogen functional groups attached to an aromatic ring is 1. The molecule has 0 bridgehead atoms. The molecular formula is C15H11N5. The fraction of sp³-hybridized carbons (Fsp3) is 0. The summed E-state index contributed by atoms with van der Waals surface area (Å²) in [4.78, 5) is 4.35. The summed E-state index contributed by atoms with van der Waals surface area (Å²) in [5, 5.41) is 9.91. The van der Waals surface area contributed by atoms with Crippen molar-refractivity contribution in [1.29, 1.82) is 0 Å². The number of hydrogen-bond acceptors (Lipinski definition) is 4. The van der Waals surface area contributed by atoms with E-state index in [0.29, 0.717) is 0 Å². The Balaban J connectivity index is 2.10. The molecule has 2 heterocycles. The maximum Gasteiger partial charge on any atom is 0.111 e. The molecule has 4 aromatic rings. The molecule has 0 fully saturated rings. The van der Waals surface area contributed by atoms with E-state index in [1.54, 1.807) is 18.7 Å². The first-order chi connectivity index (χ1) is 9.84. The Labute approximate surface area is 114 Å². The molecule has 0 amide bonds. The van der Waals surface area contributed by atoms with E-state index >= 15 is 0 Å². The standard InChI is InChI=1S/C15H11N5/c16-12-5-6-14(11-4-2-1-3-10(11)12)20-9-17-13-7-18-19-8-15(13)20/h1-9H,16H2. The maximum absolute atomic E-state index is 6.04. The van der Waals surface area contributed by atoms with Crippen LogP contribution in [-0.2, 0) is 0 Å². The van der Waals surface area contributed by atoms with Crippen LogP contribution in [0.2, 0.25) is 0 Å². The molecule has 0 aliphatic heterocycles. The minimum absolute atomic E-state index is 0.772. The highest BCUT2D eigenvalue weighted by Crippen LogP contribution is 2.28. The number of nitrogens with zero attached hydrogens (tertiary/aromatic N) is 4. The van der Waals surface area contributed by atoms with Gasteiger partial charge in [-0.05, 0) is 12.1 Å². The lowest BCUT2D eigenvalue weighted by molar-refractivity contribution is 1.03. The van der Waals surface area contributed by atoms with Gasteiger partial charge in [-0.1, -0.05) is 24.3 Å². The van der Waals surface area contributed by atoms with Gasteiger partial charge < -0.3 is 5.73 Å². The third-order valence-corrected chi connectivity index (χ3v) is 3.46. The maximum atomic E-state index is 6.04. The molecule has 0 spiro atoms. The van der Waals surface area contributed by atoms with Crippen molar-refractivity contribution >= 4 is 27.5 Å². The molecule has 5 nitrogen and oxygen atoms in total. The molecule has 2 aromatic heterocycles. The molecule has 0 radical (unpaired) electrons. The first kappa shape index (κ1) is 10.9. The summed E-state index contributed by atoms with van der Waals surface area (Å²) in [6.07, 6.45) is 5.16. The Morgan fingerprint density at radius 1 is 0.900 bits per heavy atom. The molecular weight excluding hydrogens is 250 g/mol. The Morgan fingerprint density at radius 2 is 1.70 bits per heavy atom. The Morgan fingerprint density at radius 3 is 2.60 bits per heavy atom. The third kappa shape index (κ3) is 1.46. The van der Waals surface area contributed by atoms with E-state index in [4.69, 9.17) is 5.73 Å². The molecule has 0 saturated heterocycles. The molecule has 0 saturated carbocycles. The Kier molecular flexibility index (Phi) is 2.20. The van der Waals surface area contributed by atoms with Gasteiger partial charge in [0.25, 0.3) is 0 Å². The van der Waals surface area contributed by atoms with Crippen molar-refractivity contribution in [2.24, 2.45) is 0 Å². The zero-order valence-corrected chi connectivity index (χ0v) is 10.6. The van der Waals surface area contributed by atoms with Crippen LogP contribution in [0.1, 0.15) is 0 Å². The molecule has 0 aliphatic carbocycles. The summed E-state index contributed by atoms with van der Waals surface area (Å²) in [7, 11) is 0. The van der Waals surface area contributed by atoms with Crippen LogP contribution < -0.4 is 5.73 Å². The fourth-order valence-corrected chi connectivity index (χ4v) is 2.48. The average molecular weight is 261 g/mol. The van der Waals surface area contributed by atoms with Crippen LogP contribution in [0, 0.1) is 0 Å². The molecule has 96 valence electrons. The zero-order valence-electron chi connectivity index (χ0n) is 10.6. The van der Waals surface area contributed by atoms with Crippen LogP contribution >= 0.6 is 0 Å². The molecule has 0 aliphatic rings. The number of rotatable bonds is 1. The minimum atomic E-state index is 0.772. The summed E-state index contributed by atoms with van der Waals surface area (Å²) < 4.78 is 2.01. The van der Waals surface area contributed by atoms with E-state index < -0.39 is 0 Å². The van der Waals surface area contributed by atoms with E-state index in [1.165, 1.54) is 0 Å². The molecule has 20 heavy (non-hydrogen) atoms. The van der Waals surface area contributed by atoms with E-state index in [-0.39, 0.29) is 0 Å². The van der Waals surface area contributed by atoms with E-state index in [1.807, 2.05) is 34.9 Å². The quantitative estimate of drug-likeness (QED) is 0.534. The molecule has 5 heteroatoms. The number of fused-ring (bicyclic) bond motifs is 2. The Hall–Kier alpha value is -2.95. The van der Waals surface area contributed by atoms with Gasteiger partial charge in [-0.2, -0.15) is 10.2 Å². The summed E-state index contributed by atoms with van der Waals surface area (Å²) in [6.45, 7) is 0. The van der Waals surface area contributed by atoms with Gasteiger partial charge in [-0.3, -0.25) is 4.57 Å². The number of anilines is 1. The summed E-state index contributed by atoms with van der Waals surface area (Å²) in [5.74, 6) is 0. The van der Waals surface area contributed by atoms with Gasteiger partial charge in [0.1, 0.15) is 11.8 Å². The van der Waals surface area contributed by atoms with Crippen LogP contribution in [0.15, 0.2) is 55.1 Å². The Bertz CT molecular complexity index is 926. The van der Waals surface area contributed by atoms with Gasteiger partial charge in [0.15, 0.2) is 0 Å². The average Bonchev–Trinajstić information content (AvgIpc) is 2.92. The summed E-state index contributed by atoms with van der Waals surface area (Å²) in [6, 6.07) is 12.0. The minimum Gasteiger partial charge on any atom is -0.398 e. The molecule has 2 N–H and O–H groups in total. The van der Waals surface area contributed by atoms with Crippen molar-refractivity contribution in [2.45, 2.75) is 0 Å². The van der Waals surface area contributed by atoms with Gasteiger partial charge in [-0.15, -0.1) is 0 Å². The van der Waals surface area contributed by atoms with Crippen LogP contribution in [-0.4, -0.2) is 19.7 Å². The summed E-state index contributed by atoms with van der Waals surface area (Å²) >= 11 is 0. The first-order valence-electron chi connectivity index (χ1n) is 6.26. The highest BCUT2D eigenvalue weighted by atomic mass is 15.1. The lowest BCUT2D eigenvalue weighted by Crippen LogP contribution is -1.96. The van der Waals surface area contributed by atoms with Crippen molar-refractivity contribution in [3.63, 3.8) is 0 Å². The predicted octanol–water partition coefficient (Wildman–Crippen LogP) is 2.55. The molecule has 2 aromatic carbocycles. The molecule has 0 unspecified atom stereocenters. The van der Waals surface area contributed by atoms with E-state index in [9.17, 15) is 0 Å². The van der Waals surface area contributed by atoms with Gasteiger partial charge in [-0.25, -0.2) is 4.98 Å². The second kappa shape index (κ2) is 4.03. The lowest BCUT2D eigenvalue weighted by Gasteiger charge is -2.10. The number of benzene rings is 2. The number of aromatic nitrogens is 4. The van der Waals surface area contributed by atoms with Crippen molar-refractivity contribution in [1.82, 2.24) is 19.7 Å². The SMILES string of the molecule is Nc1ccc(-n2cnc3cnncc32)c2ccccc12. The first-order valence-corrected chi connectivity index (χ1v) is 6.26. The molecule has 4 rings (SSSR count). The van der Waals surface area contributed by atoms with Crippen LogP contribution in [0.5, 0.6) is 0 Å². The number of nitrogens with two attached hydrogens (primary N) is 1. The number of imidazole rings is 1. The highest BCUT2D eigenvalue weighted by Gasteiger charge is 2.09. The van der Waals surface area contributed by atoms with Crippen molar-refractivity contribution in [3.05, 3.63) is 55.1 Å². The smallest absolute Gasteiger partial charge is 0.111 e. The normalized spacial score (nSPS) is 11.2. The number of hydrogen-bond donors (Lipinski definition) is 1. The van der Waals surface area contributed by atoms with Gasteiger partial charge in [0.05, 0.1) is 23.6 Å². The van der Waals surface area contributed by atoms with Gasteiger partial charge >= 0.3 is 0 Å². The monoisotopic (exact) mass is 261 g/mol. The van der Waals surface area contributed by atoms with Crippen molar-refractivity contribution in [2.75, 3.05) is 5.73 Å². The second-order valence-electron chi connectivity index (χ2n) is 4.59. The fourth-order valence-electron chi connectivity index (χ4n) is 2.48. The second-order valence-corrected chi connectivity index (χ2v) is 4.59. The summed E-state index contributed by atoms with van der Waals surface area (Å²) in [5.41, 5.74) is 9.59. The lowest BCUT2D eigenvalue weighted by atomic mass is 10.1. The van der Waals surface area contributed by atoms with E-state index in [2.05, 4.69) is 21.2 Å². The predicted molar refractivity (Wildman–Crippen MR) is 78.6 cm³/mol. The third-order valence-electron chi connectivity index (χ3n) is 3.46. The zero-order chi connectivity index (χ0) is 13.5. The highest BCUT2D eigenvalue weighted by molar-refractivity contribution is 5.99. The van der Waals surface area contributed by atoms with Gasteiger partial charge in [0, 0.05) is 16.5 Å². The largest absolute Gasteiger partial charge is 0.398 e. The van der Waals surface area contributed by atoms with Crippen molar-refractivity contribution < 1.29 is 0 Å². The topological polar surface area (TPSA) is 69.6 Å². The van der Waals surface area contributed by atoms with Crippen LogP contribution in [0.25, 0.3) is 27.5 Å².